The summed E-state index contributed by atoms with van der Waals surface area (Å²) in [6, 6.07) is 23.5. The molecule has 34 heavy (non-hydrogen) atoms. The second-order valence-corrected chi connectivity index (χ2v) is 7.95. The number of esters is 1. The van der Waals surface area contributed by atoms with E-state index >= 15 is 0 Å². The Morgan fingerprint density at radius 2 is 1.65 bits per heavy atom. The number of anilines is 1. The molecule has 0 saturated heterocycles. The van der Waals surface area contributed by atoms with Crippen molar-refractivity contribution in [3.05, 3.63) is 95.2 Å². The smallest absolute Gasteiger partial charge is 0.338 e. The predicted octanol–water partition coefficient (Wildman–Crippen LogP) is 6.41. The van der Waals surface area contributed by atoms with Crippen molar-refractivity contribution >= 4 is 29.2 Å². The first kappa shape index (κ1) is 23.3. The van der Waals surface area contributed by atoms with E-state index in [0.29, 0.717) is 46.6 Å². The van der Waals surface area contributed by atoms with Crippen molar-refractivity contribution in [1.29, 1.82) is 0 Å². The molecule has 0 fully saturated rings. The molecule has 0 unspecified atom stereocenters. The van der Waals surface area contributed by atoms with E-state index in [9.17, 15) is 9.59 Å². The average Bonchev–Trinajstić information content (AvgIpc) is 3.29. The van der Waals surface area contributed by atoms with E-state index in [1.165, 1.54) is 0 Å². The first-order chi connectivity index (χ1) is 16.5. The molecule has 4 aromatic rings. The van der Waals surface area contributed by atoms with Crippen LogP contribution in [0.5, 0.6) is 0 Å². The van der Waals surface area contributed by atoms with E-state index < -0.39 is 5.97 Å². The zero-order valence-corrected chi connectivity index (χ0v) is 19.3. The van der Waals surface area contributed by atoms with Gasteiger partial charge < -0.3 is 14.5 Å². The third-order valence-corrected chi connectivity index (χ3v) is 5.35. The predicted molar refractivity (Wildman–Crippen MR) is 132 cm³/mol. The van der Waals surface area contributed by atoms with Gasteiger partial charge in [-0.3, -0.25) is 4.79 Å². The second kappa shape index (κ2) is 10.8. The molecule has 6 nitrogen and oxygen atoms in total. The van der Waals surface area contributed by atoms with Crippen LogP contribution in [0.1, 0.15) is 29.5 Å². The molecule has 4 rings (SSSR count). The summed E-state index contributed by atoms with van der Waals surface area (Å²) in [4.78, 5) is 29.1. The van der Waals surface area contributed by atoms with Crippen LogP contribution in [-0.2, 0) is 16.0 Å². The first-order valence-corrected chi connectivity index (χ1v) is 11.3. The molecule has 0 aliphatic rings. The highest BCUT2D eigenvalue weighted by molar-refractivity contribution is 6.30. The number of oxazole rings is 1. The number of ether oxygens (including phenoxy) is 1. The highest BCUT2D eigenvalue weighted by Gasteiger charge is 2.18. The van der Waals surface area contributed by atoms with Gasteiger partial charge in [-0.05, 0) is 55.5 Å². The van der Waals surface area contributed by atoms with Gasteiger partial charge in [0.15, 0.2) is 0 Å². The Labute approximate surface area is 202 Å². The third kappa shape index (κ3) is 5.71. The van der Waals surface area contributed by atoms with Crippen LogP contribution in [0.3, 0.4) is 0 Å². The van der Waals surface area contributed by atoms with Crippen molar-refractivity contribution in [3.63, 3.8) is 0 Å². The molecule has 0 bridgehead atoms. The molecule has 0 aliphatic heterocycles. The van der Waals surface area contributed by atoms with Crippen molar-refractivity contribution < 1.29 is 18.7 Å². The van der Waals surface area contributed by atoms with Gasteiger partial charge in [0, 0.05) is 34.7 Å². The van der Waals surface area contributed by atoms with Gasteiger partial charge >= 0.3 is 5.97 Å². The maximum absolute atomic E-state index is 12.6. The number of aryl methyl sites for hydroxylation is 1. The summed E-state index contributed by atoms with van der Waals surface area (Å²) < 4.78 is 11.1. The lowest BCUT2D eigenvalue weighted by atomic mass is 10.1. The van der Waals surface area contributed by atoms with Crippen LogP contribution in [0, 0.1) is 0 Å². The molecule has 0 radical (unpaired) electrons. The molecule has 3 aromatic carbocycles. The fraction of sp³-hybridized carbons (Fsp3) is 0.148. The monoisotopic (exact) mass is 474 g/mol. The lowest BCUT2D eigenvalue weighted by molar-refractivity contribution is -0.116. The molecular weight excluding hydrogens is 452 g/mol. The first-order valence-electron chi connectivity index (χ1n) is 10.9. The quantitative estimate of drug-likeness (QED) is 0.298. The van der Waals surface area contributed by atoms with E-state index in [2.05, 4.69) is 5.32 Å². The van der Waals surface area contributed by atoms with Crippen LogP contribution in [0.25, 0.3) is 22.7 Å². The molecule has 0 aliphatic carbocycles. The minimum absolute atomic E-state index is 0.177. The summed E-state index contributed by atoms with van der Waals surface area (Å²) >= 11 is 6.04. The van der Waals surface area contributed by atoms with Crippen molar-refractivity contribution in [2.45, 2.75) is 19.8 Å². The lowest BCUT2D eigenvalue weighted by Gasteiger charge is -2.07. The third-order valence-electron chi connectivity index (χ3n) is 5.09. The molecular formula is C27H23ClN2O4. The number of benzene rings is 3. The molecule has 1 N–H and O–H groups in total. The second-order valence-electron chi connectivity index (χ2n) is 7.51. The van der Waals surface area contributed by atoms with Gasteiger partial charge in [-0.1, -0.05) is 41.9 Å². The van der Waals surface area contributed by atoms with Gasteiger partial charge in [0.1, 0.15) is 11.5 Å². The number of halogens is 1. The van der Waals surface area contributed by atoms with Crippen LogP contribution < -0.4 is 5.32 Å². The number of carbonyl (C=O) groups is 2. The Bertz CT molecular complexity index is 1270. The van der Waals surface area contributed by atoms with Crippen molar-refractivity contribution in [2.75, 3.05) is 11.9 Å². The van der Waals surface area contributed by atoms with Crippen molar-refractivity contribution in [3.8, 4) is 22.7 Å². The number of nitrogens with one attached hydrogen (secondary N) is 1. The summed E-state index contributed by atoms with van der Waals surface area (Å²) in [7, 11) is 0. The number of hydrogen-bond donors (Lipinski definition) is 1. The van der Waals surface area contributed by atoms with E-state index in [1.807, 2.05) is 42.5 Å². The highest BCUT2D eigenvalue weighted by atomic mass is 35.5. The van der Waals surface area contributed by atoms with Crippen LogP contribution in [0.4, 0.5) is 5.69 Å². The van der Waals surface area contributed by atoms with Gasteiger partial charge in [0.25, 0.3) is 0 Å². The zero-order valence-electron chi connectivity index (χ0n) is 18.6. The fourth-order valence-corrected chi connectivity index (χ4v) is 3.54. The summed E-state index contributed by atoms with van der Waals surface area (Å²) in [6.45, 7) is 2.06. The number of rotatable bonds is 8. The molecule has 1 aromatic heterocycles. The van der Waals surface area contributed by atoms with Gasteiger partial charge in [-0.2, -0.15) is 0 Å². The Kier molecular flexibility index (Phi) is 7.40. The van der Waals surface area contributed by atoms with Gasteiger partial charge in [-0.25, -0.2) is 9.78 Å². The van der Waals surface area contributed by atoms with E-state index in [4.69, 9.17) is 25.7 Å². The van der Waals surface area contributed by atoms with Crippen molar-refractivity contribution in [1.82, 2.24) is 4.98 Å². The maximum Gasteiger partial charge on any atom is 0.338 e. The minimum atomic E-state index is -0.394. The number of hydrogen-bond acceptors (Lipinski definition) is 5. The topological polar surface area (TPSA) is 81.4 Å². The largest absolute Gasteiger partial charge is 0.462 e. The summed E-state index contributed by atoms with van der Waals surface area (Å²) in [5, 5.41) is 3.47. The van der Waals surface area contributed by atoms with Gasteiger partial charge in [-0.15, -0.1) is 0 Å². The SMILES string of the molecule is CCOC(=O)c1ccc(NC(=O)CCc2oc(-c3ccccc3)nc2-c2ccc(Cl)cc2)cc1. The standard InChI is InChI=1S/C27H23ClN2O4/c1-2-33-27(32)20-10-14-22(15-11-20)29-24(31)17-16-23-25(18-8-12-21(28)13-9-18)30-26(34-23)19-6-4-3-5-7-19/h3-15H,2,16-17H2,1H3,(H,29,31). The van der Waals surface area contributed by atoms with Crippen molar-refractivity contribution in [2.24, 2.45) is 0 Å². The molecule has 1 heterocycles. The van der Waals surface area contributed by atoms with Crippen LogP contribution in [0.15, 0.2) is 83.3 Å². The van der Waals surface area contributed by atoms with Gasteiger partial charge in [0.05, 0.1) is 12.2 Å². The van der Waals surface area contributed by atoms with E-state index in [0.717, 1.165) is 11.1 Å². The summed E-state index contributed by atoms with van der Waals surface area (Å²) in [5.74, 6) is 0.544. The fourth-order valence-electron chi connectivity index (χ4n) is 3.41. The number of aromatic nitrogens is 1. The molecule has 172 valence electrons. The van der Waals surface area contributed by atoms with Crippen LogP contribution >= 0.6 is 11.6 Å². The highest BCUT2D eigenvalue weighted by Crippen LogP contribution is 2.30. The molecule has 0 saturated carbocycles. The zero-order chi connectivity index (χ0) is 23.9. The average molecular weight is 475 g/mol. The van der Waals surface area contributed by atoms with Gasteiger partial charge in [0.2, 0.25) is 11.8 Å². The van der Waals surface area contributed by atoms with Crippen LogP contribution in [-0.4, -0.2) is 23.5 Å². The Morgan fingerprint density at radius 1 is 0.941 bits per heavy atom. The lowest BCUT2D eigenvalue weighted by Crippen LogP contribution is -2.12. The molecule has 0 spiro atoms. The van der Waals surface area contributed by atoms with E-state index in [1.54, 1.807) is 43.3 Å². The Hall–Kier alpha value is -3.90. The molecule has 0 atom stereocenters. The summed E-state index contributed by atoms with van der Waals surface area (Å²) in [5.41, 5.74) is 3.43. The van der Waals surface area contributed by atoms with E-state index in [-0.39, 0.29) is 12.3 Å². The molecule has 1 amide bonds. The normalized spacial score (nSPS) is 10.6. The Morgan fingerprint density at radius 3 is 2.32 bits per heavy atom. The number of amides is 1. The van der Waals surface area contributed by atoms with Crippen LogP contribution in [0.2, 0.25) is 5.02 Å². The number of carbonyl (C=O) groups excluding carboxylic acids is 2. The number of nitrogens with zero attached hydrogens (tertiary/aromatic N) is 1. The molecule has 7 heteroatoms. The minimum Gasteiger partial charge on any atom is -0.462 e. The maximum atomic E-state index is 12.6. The Balaban J connectivity index is 1.48. The summed E-state index contributed by atoms with van der Waals surface area (Å²) in [6.07, 6.45) is 0.564.